The molecule has 2 rings (SSSR count). The summed E-state index contributed by atoms with van der Waals surface area (Å²) < 4.78 is 0. The van der Waals surface area contributed by atoms with Gasteiger partial charge in [0, 0.05) is 11.1 Å². The van der Waals surface area contributed by atoms with Gasteiger partial charge < -0.3 is 5.32 Å². The Labute approximate surface area is 142 Å². The van der Waals surface area contributed by atoms with E-state index >= 15 is 0 Å². The largest absolute Gasteiger partial charge is 0.324 e. The third kappa shape index (κ3) is 4.95. The minimum absolute atomic E-state index is 0.142. The molecule has 1 heterocycles. The summed E-state index contributed by atoms with van der Waals surface area (Å²) in [7, 11) is 0. The molecule has 0 aliphatic carbocycles. The maximum absolute atomic E-state index is 12.0. The van der Waals surface area contributed by atoms with Gasteiger partial charge in [-0.05, 0) is 24.3 Å². The third-order valence-electron chi connectivity index (χ3n) is 2.52. The number of anilines is 1. The minimum Gasteiger partial charge on any atom is -0.324 e. The van der Waals surface area contributed by atoms with Gasteiger partial charge in [-0.3, -0.25) is 4.79 Å². The molecular formula is C15H12ClN3OS2. The van der Waals surface area contributed by atoms with Crippen LogP contribution >= 0.6 is 35.1 Å². The highest BCUT2D eigenvalue weighted by Gasteiger charge is 2.09. The van der Waals surface area contributed by atoms with Crippen LogP contribution in [0.25, 0.3) is 0 Å². The number of aromatic nitrogens is 1. The Morgan fingerprint density at radius 1 is 1.27 bits per heavy atom. The average molecular weight is 350 g/mol. The van der Waals surface area contributed by atoms with Gasteiger partial charge in [-0.15, -0.1) is 11.8 Å². The smallest absolute Gasteiger partial charge is 0.234 e. The number of hydrogen-bond donors (Lipinski definition) is 1. The van der Waals surface area contributed by atoms with E-state index in [1.54, 1.807) is 18.3 Å². The first kappa shape index (κ1) is 16.7. The molecule has 0 radical (unpaired) electrons. The zero-order valence-electron chi connectivity index (χ0n) is 11.5. The Kier molecular flexibility index (Phi) is 6.59. The molecule has 1 aromatic heterocycles. The lowest BCUT2D eigenvalue weighted by Crippen LogP contribution is -2.14. The van der Waals surface area contributed by atoms with Crippen molar-refractivity contribution in [3.8, 4) is 6.07 Å². The van der Waals surface area contributed by atoms with E-state index in [-0.39, 0.29) is 11.7 Å². The lowest BCUT2D eigenvalue weighted by atomic mass is 10.3. The second-order valence-corrected chi connectivity index (χ2v) is 6.46. The zero-order valence-corrected chi connectivity index (χ0v) is 13.8. The van der Waals surface area contributed by atoms with Crippen LogP contribution in [0.15, 0.2) is 52.5 Å². The minimum atomic E-state index is -0.142. The molecular weight excluding hydrogens is 338 g/mol. The number of pyridine rings is 1. The Balaban J connectivity index is 1.95. The molecule has 0 spiro atoms. The van der Waals surface area contributed by atoms with Gasteiger partial charge >= 0.3 is 0 Å². The number of thioether (sulfide) groups is 2. The van der Waals surface area contributed by atoms with Gasteiger partial charge in [0.2, 0.25) is 5.91 Å². The van der Waals surface area contributed by atoms with Gasteiger partial charge in [0.1, 0.15) is 5.03 Å². The van der Waals surface area contributed by atoms with Gasteiger partial charge in [0.15, 0.2) is 0 Å². The number of nitriles is 1. The van der Waals surface area contributed by atoms with Crippen molar-refractivity contribution in [2.75, 3.05) is 16.8 Å². The number of rotatable bonds is 6. The van der Waals surface area contributed by atoms with Crippen LogP contribution in [0.4, 0.5) is 5.69 Å². The van der Waals surface area contributed by atoms with E-state index in [4.69, 9.17) is 16.9 Å². The summed E-state index contributed by atoms with van der Waals surface area (Å²) in [4.78, 5) is 17.0. The van der Waals surface area contributed by atoms with Crippen LogP contribution in [0.2, 0.25) is 5.02 Å². The molecule has 1 N–H and O–H groups in total. The lowest BCUT2D eigenvalue weighted by molar-refractivity contribution is -0.113. The van der Waals surface area contributed by atoms with E-state index in [1.807, 2.05) is 24.3 Å². The number of hydrogen-bond acceptors (Lipinski definition) is 5. The Hall–Kier alpha value is -1.68. The average Bonchev–Trinajstić information content (AvgIpc) is 2.53. The standard InChI is InChI=1S/C15H12ClN3OS2/c16-11-4-3-8-18-15(11)22-10-14(20)19-12-5-1-2-6-13(12)21-9-7-17/h1-6,8H,9-10H2,(H,19,20). The van der Waals surface area contributed by atoms with Crippen molar-refractivity contribution < 1.29 is 4.79 Å². The predicted molar refractivity (Wildman–Crippen MR) is 91.4 cm³/mol. The number of halogens is 1. The summed E-state index contributed by atoms with van der Waals surface area (Å²) in [6, 6.07) is 13.0. The van der Waals surface area contributed by atoms with Crippen molar-refractivity contribution in [3.63, 3.8) is 0 Å². The highest BCUT2D eigenvalue weighted by molar-refractivity contribution is 8.00. The zero-order chi connectivity index (χ0) is 15.8. The maximum Gasteiger partial charge on any atom is 0.234 e. The molecule has 22 heavy (non-hydrogen) atoms. The van der Waals surface area contributed by atoms with Crippen LogP contribution in [0.1, 0.15) is 0 Å². The van der Waals surface area contributed by atoms with Crippen molar-refractivity contribution in [1.29, 1.82) is 5.26 Å². The van der Waals surface area contributed by atoms with E-state index in [9.17, 15) is 4.79 Å². The van der Waals surface area contributed by atoms with Crippen molar-refractivity contribution in [1.82, 2.24) is 4.98 Å². The highest BCUT2D eigenvalue weighted by atomic mass is 35.5. The third-order valence-corrected chi connectivity index (χ3v) is 4.88. The fraction of sp³-hybridized carbons (Fsp3) is 0.133. The molecule has 0 aliphatic heterocycles. The molecule has 7 heteroatoms. The molecule has 0 aliphatic rings. The summed E-state index contributed by atoms with van der Waals surface area (Å²) >= 11 is 8.68. The lowest BCUT2D eigenvalue weighted by Gasteiger charge is -2.09. The van der Waals surface area contributed by atoms with Gasteiger partial charge in [-0.1, -0.05) is 35.5 Å². The normalized spacial score (nSPS) is 10.0. The summed E-state index contributed by atoms with van der Waals surface area (Å²) in [5.41, 5.74) is 0.709. The molecule has 112 valence electrons. The first-order chi connectivity index (χ1) is 10.7. The number of amides is 1. The van der Waals surface area contributed by atoms with Gasteiger partial charge in [0.05, 0.1) is 28.3 Å². The number of nitrogens with zero attached hydrogens (tertiary/aromatic N) is 2. The van der Waals surface area contributed by atoms with Crippen molar-refractivity contribution in [2.45, 2.75) is 9.92 Å². The molecule has 0 unspecified atom stereocenters. The Morgan fingerprint density at radius 2 is 2.09 bits per heavy atom. The molecule has 0 fully saturated rings. The molecule has 4 nitrogen and oxygen atoms in total. The van der Waals surface area contributed by atoms with E-state index in [0.717, 1.165) is 4.90 Å². The second-order valence-electron chi connectivity index (χ2n) is 4.07. The topological polar surface area (TPSA) is 65.8 Å². The highest BCUT2D eigenvalue weighted by Crippen LogP contribution is 2.28. The molecule has 0 atom stereocenters. The maximum atomic E-state index is 12.0. The van der Waals surface area contributed by atoms with Crippen molar-refractivity contribution in [2.24, 2.45) is 0 Å². The first-order valence-electron chi connectivity index (χ1n) is 6.32. The van der Waals surface area contributed by atoms with Crippen LogP contribution in [-0.4, -0.2) is 22.4 Å². The summed E-state index contributed by atoms with van der Waals surface area (Å²) in [5.74, 6) is 0.413. The Bertz CT molecular complexity index is 703. The summed E-state index contributed by atoms with van der Waals surface area (Å²) in [6.07, 6.45) is 1.64. The second kappa shape index (κ2) is 8.69. The first-order valence-corrected chi connectivity index (χ1v) is 8.67. The van der Waals surface area contributed by atoms with Crippen LogP contribution in [0.5, 0.6) is 0 Å². The van der Waals surface area contributed by atoms with Crippen LogP contribution in [0.3, 0.4) is 0 Å². The summed E-state index contributed by atoms with van der Waals surface area (Å²) in [6.45, 7) is 0. The molecule has 2 aromatic rings. The number of benzene rings is 1. The number of carbonyl (C=O) groups excluding carboxylic acids is 1. The number of carbonyl (C=O) groups is 1. The van der Waals surface area contributed by atoms with Crippen LogP contribution < -0.4 is 5.32 Å². The molecule has 0 saturated carbocycles. The fourth-order valence-corrected chi connectivity index (χ4v) is 3.24. The fourth-order valence-electron chi connectivity index (χ4n) is 1.60. The van der Waals surface area contributed by atoms with Gasteiger partial charge in [0.25, 0.3) is 0 Å². The van der Waals surface area contributed by atoms with Gasteiger partial charge in [-0.25, -0.2) is 4.98 Å². The number of nitrogens with one attached hydrogen (secondary N) is 1. The van der Waals surface area contributed by atoms with E-state index in [0.29, 0.717) is 21.5 Å². The predicted octanol–water partition coefficient (Wildman–Crippen LogP) is 4.08. The summed E-state index contributed by atoms with van der Waals surface area (Å²) in [5, 5.41) is 12.7. The van der Waals surface area contributed by atoms with E-state index in [1.165, 1.54) is 23.5 Å². The van der Waals surface area contributed by atoms with Crippen molar-refractivity contribution in [3.05, 3.63) is 47.6 Å². The van der Waals surface area contributed by atoms with Crippen molar-refractivity contribution >= 4 is 46.7 Å². The number of para-hydroxylation sites is 1. The van der Waals surface area contributed by atoms with Crippen LogP contribution in [0, 0.1) is 11.3 Å². The van der Waals surface area contributed by atoms with E-state index in [2.05, 4.69) is 16.4 Å². The van der Waals surface area contributed by atoms with Gasteiger partial charge in [-0.2, -0.15) is 5.26 Å². The molecule has 1 aromatic carbocycles. The van der Waals surface area contributed by atoms with E-state index < -0.39 is 0 Å². The monoisotopic (exact) mass is 349 g/mol. The Morgan fingerprint density at radius 3 is 2.86 bits per heavy atom. The SMILES string of the molecule is N#CCSc1ccccc1NC(=O)CSc1ncccc1Cl. The molecule has 0 saturated heterocycles. The molecule has 1 amide bonds. The molecule has 0 bridgehead atoms. The van der Waals surface area contributed by atoms with Crippen LogP contribution in [-0.2, 0) is 4.79 Å². The quantitative estimate of drug-likeness (QED) is 0.796.